The van der Waals surface area contributed by atoms with Gasteiger partial charge in [0.15, 0.2) is 17.7 Å². The zero-order chi connectivity index (χ0) is 21.2. The Hall–Kier alpha value is -1.59. The number of aromatic nitrogens is 4. The lowest BCUT2D eigenvalue weighted by Gasteiger charge is -2.53. The fourth-order valence-electron chi connectivity index (χ4n) is 4.79. The zero-order valence-electron chi connectivity index (χ0n) is 18.1. The number of nitrogens with zero attached hydrogens (tertiary/aromatic N) is 4. The van der Waals surface area contributed by atoms with Crippen LogP contribution >= 0.6 is 0 Å². The molecule has 2 N–H and O–H groups in total. The van der Waals surface area contributed by atoms with Crippen LogP contribution in [0.3, 0.4) is 0 Å². The van der Waals surface area contributed by atoms with Crippen molar-refractivity contribution in [1.82, 2.24) is 19.5 Å². The SMILES string of the molecule is CNc1ncnc2c1ncn2[C@@H]1O[C@@H]2CO[Si](C(C)(C)C)(C(C)(C)C)O[C@H]2[C@H]1O. The predicted octanol–water partition coefficient (Wildman–Crippen LogP) is 2.58. The van der Waals surface area contributed by atoms with Crippen LogP contribution in [0.2, 0.25) is 10.1 Å². The molecule has 0 spiro atoms. The van der Waals surface area contributed by atoms with Crippen LogP contribution in [0.25, 0.3) is 11.2 Å². The summed E-state index contributed by atoms with van der Waals surface area (Å²) in [7, 11) is -0.914. The van der Waals surface area contributed by atoms with Crippen LogP contribution < -0.4 is 5.32 Å². The van der Waals surface area contributed by atoms with Crippen molar-refractivity contribution >= 4 is 25.5 Å². The summed E-state index contributed by atoms with van der Waals surface area (Å²) in [5.74, 6) is 0.630. The van der Waals surface area contributed by atoms with Crippen molar-refractivity contribution in [2.75, 3.05) is 19.0 Å². The molecule has 10 heteroatoms. The first-order valence-electron chi connectivity index (χ1n) is 10.0. The molecule has 2 aliphatic rings. The zero-order valence-corrected chi connectivity index (χ0v) is 19.1. The Kier molecular flexibility index (Phi) is 4.78. The van der Waals surface area contributed by atoms with Gasteiger partial charge in [0.25, 0.3) is 0 Å². The Labute approximate surface area is 172 Å². The van der Waals surface area contributed by atoms with Gasteiger partial charge in [0.2, 0.25) is 0 Å². The van der Waals surface area contributed by atoms with Crippen molar-refractivity contribution in [3.05, 3.63) is 12.7 Å². The van der Waals surface area contributed by atoms with E-state index >= 15 is 0 Å². The molecule has 29 heavy (non-hydrogen) atoms. The molecule has 4 rings (SSSR count). The molecule has 2 aromatic heterocycles. The maximum Gasteiger partial charge on any atom is 0.349 e. The topological polar surface area (TPSA) is 104 Å². The van der Waals surface area contributed by atoms with Gasteiger partial charge in [-0.15, -0.1) is 0 Å². The summed E-state index contributed by atoms with van der Waals surface area (Å²) in [6, 6.07) is 0. The van der Waals surface area contributed by atoms with Crippen LogP contribution in [-0.2, 0) is 13.6 Å². The number of imidazole rings is 1. The number of nitrogens with one attached hydrogen (secondary N) is 1. The molecule has 2 aromatic rings. The largest absolute Gasteiger partial charge is 0.391 e. The highest BCUT2D eigenvalue weighted by atomic mass is 28.4. The Morgan fingerprint density at radius 3 is 2.45 bits per heavy atom. The third-order valence-electron chi connectivity index (χ3n) is 5.91. The fraction of sp³-hybridized carbons (Fsp3) is 0.737. The number of fused-ring (bicyclic) bond motifs is 2. The second-order valence-corrected chi connectivity index (χ2v) is 14.6. The normalized spacial score (nSPS) is 29.8. The molecular weight excluding hydrogens is 390 g/mol. The van der Waals surface area contributed by atoms with Gasteiger partial charge < -0.3 is 24.0 Å². The molecule has 9 nitrogen and oxygen atoms in total. The number of ether oxygens (including phenoxy) is 1. The van der Waals surface area contributed by atoms with Gasteiger partial charge in [-0.25, -0.2) is 15.0 Å². The number of anilines is 1. The molecule has 0 aliphatic carbocycles. The van der Waals surface area contributed by atoms with Crippen molar-refractivity contribution in [3.63, 3.8) is 0 Å². The molecule has 0 aromatic carbocycles. The van der Waals surface area contributed by atoms with E-state index in [-0.39, 0.29) is 16.2 Å². The minimum Gasteiger partial charge on any atom is -0.391 e. The van der Waals surface area contributed by atoms with Gasteiger partial charge in [-0.2, -0.15) is 0 Å². The van der Waals surface area contributed by atoms with E-state index in [0.717, 1.165) is 0 Å². The monoisotopic (exact) mass is 421 g/mol. The van der Waals surface area contributed by atoms with Gasteiger partial charge in [-0.05, 0) is 0 Å². The van der Waals surface area contributed by atoms with E-state index in [9.17, 15) is 5.11 Å². The van der Waals surface area contributed by atoms with E-state index in [2.05, 4.69) is 61.8 Å². The summed E-state index contributed by atoms with van der Waals surface area (Å²) >= 11 is 0. The molecule has 0 bridgehead atoms. The van der Waals surface area contributed by atoms with E-state index in [1.165, 1.54) is 6.33 Å². The molecule has 4 heterocycles. The van der Waals surface area contributed by atoms with Crippen LogP contribution in [-0.4, -0.2) is 65.2 Å². The maximum atomic E-state index is 11.2. The molecule has 2 fully saturated rings. The lowest BCUT2D eigenvalue weighted by Crippen LogP contribution is -2.65. The minimum absolute atomic E-state index is 0.162. The van der Waals surface area contributed by atoms with E-state index in [0.29, 0.717) is 23.6 Å². The summed E-state index contributed by atoms with van der Waals surface area (Å²) in [6.45, 7) is 13.3. The van der Waals surface area contributed by atoms with Crippen molar-refractivity contribution in [3.8, 4) is 0 Å². The van der Waals surface area contributed by atoms with Gasteiger partial charge in [-0.1, -0.05) is 41.5 Å². The molecule has 0 amide bonds. The van der Waals surface area contributed by atoms with E-state index in [1.807, 2.05) is 0 Å². The molecule has 0 saturated carbocycles. The third-order valence-corrected chi connectivity index (χ3v) is 11.0. The van der Waals surface area contributed by atoms with Gasteiger partial charge >= 0.3 is 8.56 Å². The highest BCUT2D eigenvalue weighted by Crippen LogP contribution is 2.55. The number of aliphatic hydroxyl groups excluding tert-OH is 1. The molecular formula is C19H31N5O4Si. The summed E-state index contributed by atoms with van der Waals surface area (Å²) in [4.78, 5) is 13.0. The summed E-state index contributed by atoms with van der Waals surface area (Å²) < 4.78 is 21.1. The first-order chi connectivity index (χ1) is 13.5. The number of hydrogen-bond acceptors (Lipinski definition) is 8. The quantitative estimate of drug-likeness (QED) is 0.713. The summed E-state index contributed by atoms with van der Waals surface area (Å²) in [5, 5.41) is 13.9. The molecule has 2 aliphatic heterocycles. The maximum absolute atomic E-state index is 11.2. The van der Waals surface area contributed by atoms with Crippen LogP contribution in [0.5, 0.6) is 0 Å². The van der Waals surface area contributed by atoms with Crippen molar-refractivity contribution in [2.24, 2.45) is 0 Å². The lowest BCUT2D eigenvalue weighted by atomic mass is 10.1. The van der Waals surface area contributed by atoms with Crippen molar-refractivity contribution in [2.45, 2.75) is 76.2 Å². The number of hydrogen-bond donors (Lipinski definition) is 2. The van der Waals surface area contributed by atoms with Gasteiger partial charge in [0.05, 0.1) is 12.9 Å². The predicted molar refractivity (Wildman–Crippen MR) is 111 cm³/mol. The van der Waals surface area contributed by atoms with Gasteiger partial charge in [-0.3, -0.25) is 4.57 Å². The second kappa shape index (κ2) is 6.71. The van der Waals surface area contributed by atoms with Gasteiger partial charge in [0.1, 0.15) is 30.2 Å². The average Bonchev–Trinajstić information content (AvgIpc) is 3.20. The van der Waals surface area contributed by atoms with E-state index in [4.69, 9.17) is 13.6 Å². The first-order valence-corrected chi connectivity index (χ1v) is 11.8. The Balaban J connectivity index is 1.68. The highest BCUT2D eigenvalue weighted by Gasteiger charge is 2.65. The van der Waals surface area contributed by atoms with Crippen LogP contribution in [0.4, 0.5) is 5.82 Å². The molecule has 0 unspecified atom stereocenters. The lowest BCUT2D eigenvalue weighted by molar-refractivity contribution is -0.0795. The standard InChI is InChI=1S/C19H31N5O4Si/c1-18(2,3)29(19(4,5)6)26-8-11-14(28-29)13(25)17(27-11)24-10-23-12-15(20-7)21-9-22-16(12)24/h9-11,13-14,17,25H,8H2,1-7H3,(H,20,21,22)/t11-,13-,14-,17-/m1/s1. The summed E-state index contributed by atoms with van der Waals surface area (Å²) in [5.41, 5.74) is 1.23. The molecule has 4 atom stereocenters. The first kappa shape index (κ1) is 20.7. The Morgan fingerprint density at radius 2 is 1.83 bits per heavy atom. The van der Waals surface area contributed by atoms with Gasteiger partial charge in [0, 0.05) is 17.1 Å². The highest BCUT2D eigenvalue weighted by molar-refractivity contribution is 6.73. The molecule has 2 saturated heterocycles. The Morgan fingerprint density at radius 1 is 1.14 bits per heavy atom. The summed E-state index contributed by atoms with van der Waals surface area (Å²) in [6.07, 6.45) is 0.793. The van der Waals surface area contributed by atoms with E-state index in [1.54, 1.807) is 17.9 Å². The fourth-order valence-corrected chi connectivity index (χ4v) is 9.75. The van der Waals surface area contributed by atoms with Crippen LogP contribution in [0.1, 0.15) is 47.8 Å². The van der Waals surface area contributed by atoms with Crippen LogP contribution in [0.15, 0.2) is 12.7 Å². The van der Waals surface area contributed by atoms with Crippen LogP contribution in [0, 0.1) is 0 Å². The van der Waals surface area contributed by atoms with E-state index < -0.39 is 27.0 Å². The number of rotatable bonds is 2. The second-order valence-electron chi connectivity index (χ2n) is 9.86. The third kappa shape index (κ3) is 3.00. The minimum atomic E-state index is -2.70. The van der Waals surface area contributed by atoms with Crippen molar-refractivity contribution in [1.29, 1.82) is 0 Å². The smallest absolute Gasteiger partial charge is 0.349 e. The number of aliphatic hydroxyl groups is 1. The average molecular weight is 422 g/mol. The van der Waals surface area contributed by atoms with Crippen molar-refractivity contribution < 1.29 is 18.7 Å². The molecule has 0 radical (unpaired) electrons. The molecule has 160 valence electrons. The Bertz CT molecular complexity index is 892.